The van der Waals surface area contributed by atoms with Crippen LogP contribution in [0.1, 0.15) is 12.8 Å². The molecule has 0 amide bonds. The van der Waals surface area contributed by atoms with Gasteiger partial charge in [0.2, 0.25) is 0 Å². The summed E-state index contributed by atoms with van der Waals surface area (Å²) in [4.78, 5) is 34.5. The minimum atomic E-state index is -4.88. The van der Waals surface area contributed by atoms with E-state index in [1.807, 2.05) is 0 Å². The maximum atomic E-state index is 10.7. The zero-order valence-corrected chi connectivity index (χ0v) is 10.4. The molecular formula is C4H20NNaO10P2. The Morgan fingerprint density at radius 2 is 1.17 bits per heavy atom. The van der Waals surface area contributed by atoms with Crippen molar-refractivity contribution >= 4 is 44.7 Å². The Kier molecular flexibility index (Phi) is 20.8. The summed E-state index contributed by atoms with van der Waals surface area (Å²) in [5.41, 5.74) is 4.88. The quantitative estimate of drug-likeness (QED) is 0.163. The standard InChI is InChI=1S/C4H13NO7P2.Na.3H2O.H/c5-3(6)1-2-4(13(7,8)9)14(10,11)12;;;;;/h3-4,6H,1-2,5H2,(H2,7,8,9)(H2,10,11,12);;3*1H2;. The van der Waals surface area contributed by atoms with Crippen LogP contribution < -0.4 is 5.73 Å². The van der Waals surface area contributed by atoms with Crippen LogP contribution in [-0.4, -0.2) is 82.3 Å². The van der Waals surface area contributed by atoms with Crippen LogP contribution in [0, 0.1) is 0 Å². The second-order valence-corrected chi connectivity index (χ2v) is 6.81. The molecule has 0 aliphatic heterocycles. The second-order valence-electron chi connectivity index (χ2n) is 2.80. The summed E-state index contributed by atoms with van der Waals surface area (Å²) < 4.78 is 21.3. The fourth-order valence-electron chi connectivity index (χ4n) is 0.852. The number of nitrogens with two attached hydrogens (primary N) is 1. The van der Waals surface area contributed by atoms with Gasteiger partial charge in [-0.25, -0.2) is 0 Å². The molecule has 1 unspecified atom stereocenters. The molecule has 0 saturated carbocycles. The van der Waals surface area contributed by atoms with E-state index in [0.717, 1.165) is 0 Å². The van der Waals surface area contributed by atoms with Gasteiger partial charge in [0.25, 0.3) is 0 Å². The van der Waals surface area contributed by atoms with Gasteiger partial charge in [0, 0.05) is 0 Å². The first-order valence-corrected chi connectivity index (χ1v) is 6.95. The van der Waals surface area contributed by atoms with E-state index < -0.39 is 33.2 Å². The Bertz CT molecular complexity index is 253. The van der Waals surface area contributed by atoms with Crippen molar-refractivity contribution in [3.05, 3.63) is 0 Å². The molecule has 0 spiro atoms. The molecule has 13 N–H and O–H groups in total. The molecule has 0 bridgehead atoms. The van der Waals surface area contributed by atoms with Gasteiger partial charge in [-0.15, -0.1) is 0 Å². The summed E-state index contributed by atoms with van der Waals surface area (Å²) in [5.74, 6) is 0. The first-order valence-electron chi connectivity index (χ1n) is 3.59. The Labute approximate surface area is 125 Å². The molecule has 0 radical (unpaired) electrons. The Morgan fingerprint density at radius 3 is 1.33 bits per heavy atom. The van der Waals surface area contributed by atoms with Gasteiger partial charge >= 0.3 is 44.7 Å². The Morgan fingerprint density at radius 1 is 0.889 bits per heavy atom. The van der Waals surface area contributed by atoms with Crippen LogP contribution in [0.2, 0.25) is 0 Å². The van der Waals surface area contributed by atoms with Gasteiger partial charge in [-0.3, -0.25) is 9.13 Å². The fourth-order valence-corrected chi connectivity index (χ4v) is 3.39. The number of aliphatic hydroxyl groups is 1. The number of aliphatic hydroxyl groups excluding tert-OH is 1. The molecule has 0 aromatic heterocycles. The molecule has 11 nitrogen and oxygen atoms in total. The third-order valence-corrected chi connectivity index (χ3v) is 5.37. The predicted octanol–water partition coefficient (Wildman–Crippen LogP) is -4.40. The number of hydrogen-bond donors (Lipinski definition) is 6. The molecule has 0 aliphatic rings. The second kappa shape index (κ2) is 11.9. The van der Waals surface area contributed by atoms with Crippen LogP contribution >= 0.6 is 15.2 Å². The van der Waals surface area contributed by atoms with Crippen molar-refractivity contribution in [2.24, 2.45) is 5.73 Å². The molecule has 0 saturated heterocycles. The SMILES string of the molecule is NC(O)CCC(P(=O)(O)O)P(=O)(O)O.O.O.O.[NaH]. The van der Waals surface area contributed by atoms with Crippen molar-refractivity contribution in [1.29, 1.82) is 0 Å². The van der Waals surface area contributed by atoms with E-state index in [4.69, 9.17) is 30.4 Å². The first-order chi connectivity index (χ1) is 6.05. The molecule has 0 aromatic carbocycles. The third-order valence-electron chi connectivity index (χ3n) is 1.50. The average molecular weight is 327 g/mol. The average Bonchev–Trinajstić information content (AvgIpc) is 1.78. The zero-order valence-electron chi connectivity index (χ0n) is 8.59. The Balaban J connectivity index is -0.000000141. The summed E-state index contributed by atoms with van der Waals surface area (Å²) in [6, 6.07) is 0. The van der Waals surface area contributed by atoms with Crippen molar-refractivity contribution in [2.45, 2.75) is 24.5 Å². The fraction of sp³-hybridized carbons (Fsp3) is 1.00. The molecule has 18 heavy (non-hydrogen) atoms. The van der Waals surface area contributed by atoms with E-state index in [0.29, 0.717) is 0 Å². The van der Waals surface area contributed by atoms with Crippen LogP contribution in [0.5, 0.6) is 0 Å². The van der Waals surface area contributed by atoms with Crippen LogP contribution in [0.4, 0.5) is 0 Å². The van der Waals surface area contributed by atoms with Gasteiger partial charge in [0.05, 0.1) is 0 Å². The van der Waals surface area contributed by atoms with Crippen LogP contribution in [0.3, 0.4) is 0 Å². The molecule has 0 aliphatic carbocycles. The predicted molar refractivity (Wildman–Crippen MR) is 65.3 cm³/mol. The molecular weight excluding hydrogens is 307 g/mol. The van der Waals surface area contributed by atoms with E-state index in [1.54, 1.807) is 0 Å². The third kappa shape index (κ3) is 13.5. The van der Waals surface area contributed by atoms with Crippen LogP contribution in [0.15, 0.2) is 0 Å². The molecule has 14 heteroatoms. The van der Waals surface area contributed by atoms with E-state index in [9.17, 15) is 9.13 Å². The molecule has 1 atom stereocenters. The van der Waals surface area contributed by atoms with Gasteiger partial charge in [0.15, 0.2) is 5.40 Å². The van der Waals surface area contributed by atoms with E-state index in [2.05, 4.69) is 0 Å². The summed E-state index contributed by atoms with van der Waals surface area (Å²) >= 11 is 0. The van der Waals surface area contributed by atoms with Crippen molar-refractivity contribution in [1.82, 2.24) is 0 Å². The summed E-state index contributed by atoms with van der Waals surface area (Å²) in [6.07, 6.45) is -2.18. The summed E-state index contributed by atoms with van der Waals surface area (Å²) in [7, 11) is -9.77. The minimum absolute atomic E-state index is 0. The molecule has 0 rings (SSSR count). The van der Waals surface area contributed by atoms with Crippen molar-refractivity contribution in [3.8, 4) is 0 Å². The van der Waals surface area contributed by atoms with Crippen molar-refractivity contribution < 1.29 is 50.2 Å². The summed E-state index contributed by atoms with van der Waals surface area (Å²) in [6.45, 7) is 0. The van der Waals surface area contributed by atoms with E-state index in [1.165, 1.54) is 0 Å². The zero-order chi connectivity index (χ0) is 11.6. The molecule has 0 fully saturated rings. The van der Waals surface area contributed by atoms with Gasteiger partial charge in [-0.2, -0.15) is 0 Å². The van der Waals surface area contributed by atoms with Crippen molar-refractivity contribution in [3.63, 3.8) is 0 Å². The number of hydrogen-bond acceptors (Lipinski definition) is 4. The number of rotatable bonds is 5. The van der Waals surface area contributed by atoms with Gasteiger partial charge in [-0.05, 0) is 12.8 Å². The van der Waals surface area contributed by atoms with Gasteiger partial charge < -0.3 is 46.8 Å². The summed E-state index contributed by atoms with van der Waals surface area (Å²) in [5, 5.41) is 6.51. The van der Waals surface area contributed by atoms with E-state index in [-0.39, 0.29) is 52.4 Å². The first kappa shape index (κ1) is 31.5. The van der Waals surface area contributed by atoms with Gasteiger partial charge in [-0.1, -0.05) is 0 Å². The van der Waals surface area contributed by atoms with Crippen molar-refractivity contribution in [2.75, 3.05) is 0 Å². The van der Waals surface area contributed by atoms with Gasteiger partial charge in [0.1, 0.15) is 6.23 Å². The molecule has 112 valence electrons. The Hall–Kier alpha value is 1.10. The topological polar surface area (TPSA) is 256 Å². The molecule has 0 heterocycles. The monoisotopic (exact) mass is 327 g/mol. The normalized spacial score (nSPS) is 12.4. The maximum absolute atomic E-state index is 10.7. The van der Waals surface area contributed by atoms with Crippen LogP contribution in [-0.2, 0) is 9.13 Å². The van der Waals surface area contributed by atoms with Crippen LogP contribution in [0.25, 0.3) is 0 Å². The molecule has 0 aromatic rings. The van der Waals surface area contributed by atoms with E-state index >= 15 is 0 Å².